The first-order chi connectivity index (χ1) is 20.7. The SMILES string of the molecule is CNCCOCCOCCOCCN(C)C(=O)[C@@H]1C[C@H](N=[N+]=[N-])CN1S(=O)(=O)c1ccccc1[N+](=O)[O-].O=C(O)C(F)(F)F. The van der Waals surface area contributed by atoms with Crippen LogP contribution in [-0.2, 0) is 33.8 Å². The van der Waals surface area contributed by atoms with E-state index in [0.717, 1.165) is 23.0 Å². The zero-order valence-corrected chi connectivity index (χ0v) is 24.7. The third-order valence-electron chi connectivity index (χ3n) is 5.81. The second-order valence-corrected chi connectivity index (χ2v) is 10.8. The maximum Gasteiger partial charge on any atom is 0.490 e. The van der Waals surface area contributed by atoms with Crippen molar-refractivity contribution in [2.24, 2.45) is 5.11 Å². The maximum atomic E-state index is 13.4. The molecule has 0 spiro atoms. The smallest absolute Gasteiger partial charge is 0.475 e. The third-order valence-corrected chi connectivity index (χ3v) is 7.73. The van der Waals surface area contributed by atoms with Gasteiger partial charge in [-0.25, -0.2) is 13.2 Å². The van der Waals surface area contributed by atoms with Crippen LogP contribution in [0.4, 0.5) is 18.9 Å². The minimum absolute atomic E-state index is 0.0435. The topological polar surface area (TPSA) is 227 Å². The molecule has 2 atom stereocenters. The summed E-state index contributed by atoms with van der Waals surface area (Å²) < 4.78 is 75.6. The molecule has 0 radical (unpaired) electrons. The van der Waals surface area contributed by atoms with Crippen molar-refractivity contribution in [3.05, 3.63) is 44.8 Å². The fourth-order valence-electron chi connectivity index (χ4n) is 3.67. The molecule has 44 heavy (non-hydrogen) atoms. The number of azide groups is 1. The van der Waals surface area contributed by atoms with Crippen molar-refractivity contribution in [3.8, 4) is 0 Å². The fourth-order valence-corrected chi connectivity index (χ4v) is 5.46. The van der Waals surface area contributed by atoms with E-state index in [2.05, 4.69) is 15.3 Å². The molecule has 248 valence electrons. The molecule has 17 nitrogen and oxygen atoms in total. The molecule has 1 amide bonds. The Kier molecular flexibility index (Phi) is 16.5. The lowest BCUT2D eigenvalue weighted by Gasteiger charge is -2.27. The number of likely N-dealkylation sites (N-methyl/N-ethyl adjacent to an activating group) is 2. The number of halogens is 3. The molecule has 1 aliphatic rings. The van der Waals surface area contributed by atoms with Gasteiger partial charge < -0.3 is 29.5 Å². The number of ether oxygens (including phenoxy) is 3. The molecule has 0 bridgehead atoms. The number of sulfonamides is 1. The van der Waals surface area contributed by atoms with Crippen molar-refractivity contribution in [2.75, 3.05) is 73.4 Å². The van der Waals surface area contributed by atoms with E-state index in [4.69, 9.17) is 29.6 Å². The number of nitrogens with one attached hydrogen (secondary N) is 1. The number of nitro groups is 1. The highest BCUT2D eigenvalue weighted by Crippen LogP contribution is 2.33. The van der Waals surface area contributed by atoms with Crippen molar-refractivity contribution in [3.63, 3.8) is 0 Å². The van der Waals surface area contributed by atoms with Crippen LogP contribution in [0, 0.1) is 10.1 Å². The summed E-state index contributed by atoms with van der Waals surface area (Å²) in [6.07, 6.45) is -5.13. The van der Waals surface area contributed by atoms with Crippen molar-refractivity contribution in [1.29, 1.82) is 0 Å². The third kappa shape index (κ3) is 12.6. The van der Waals surface area contributed by atoms with Crippen LogP contribution in [0.1, 0.15) is 6.42 Å². The largest absolute Gasteiger partial charge is 0.490 e. The van der Waals surface area contributed by atoms with E-state index in [1.54, 1.807) is 0 Å². The van der Waals surface area contributed by atoms with Crippen LogP contribution in [-0.4, -0.2) is 131 Å². The Morgan fingerprint density at radius 1 is 1.18 bits per heavy atom. The highest BCUT2D eigenvalue weighted by atomic mass is 32.2. The minimum atomic E-state index is -5.08. The lowest BCUT2D eigenvalue weighted by Crippen LogP contribution is -2.47. The van der Waals surface area contributed by atoms with Crippen molar-refractivity contribution >= 4 is 27.6 Å². The van der Waals surface area contributed by atoms with Crippen LogP contribution in [0.2, 0.25) is 0 Å². The van der Waals surface area contributed by atoms with Gasteiger partial charge >= 0.3 is 12.1 Å². The summed E-state index contributed by atoms with van der Waals surface area (Å²) in [5, 5.41) is 25.1. The molecular weight excluding hydrogens is 623 g/mol. The molecule has 0 saturated carbocycles. The van der Waals surface area contributed by atoms with Crippen LogP contribution in [0.15, 0.2) is 34.3 Å². The van der Waals surface area contributed by atoms with E-state index in [1.807, 2.05) is 7.05 Å². The number of carboxylic acid groups (broad SMARTS) is 1. The number of amides is 1. The lowest BCUT2D eigenvalue weighted by atomic mass is 10.1. The number of nitro benzene ring substituents is 1. The van der Waals surface area contributed by atoms with Crippen LogP contribution in [0.3, 0.4) is 0 Å². The van der Waals surface area contributed by atoms with Crippen LogP contribution < -0.4 is 5.32 Å². The molecule has 0 aromatic heterocycles. The zero-order chi connectivity index (χ0) is 33.3. The average molecular weight is 658 g/mol. The molecule has 1 saturated heterocycles. The average Bonchev–Trinajstić information content (AvgIpc) is 3.40. The number of hydrogen-bond donors (Lipinski definition) is 2. The molecular formula is C23H34F3N7O10S. The van der Waals surface area contributed by atoms with Crippen molar-refractivity contribution in [1.82, 2.24) is 14.5 Å². The van der Waals surface area contributed by atoms with Crippen LogP contribution >= 0.6 is 0 Å². The number of alkyl halides is 3. The van der Waals surface area contributed by atoms with Gasteiger partial charge in [0, 0.05) is 37.7 Å². The van der Waals surface area contributed by atoms with Crippen molar-refractivity contribution in [2.45, 2.75) is 29.6 Å². The van der Waals surface area contributed by atoms with Crippen LogP contribution in [0.25, 0.3) is 10.4 Å². The monoisotopic (exact) mass is 657 g/mol. The lowest BCUT2D eigenvalue weighted by molar-refractivity contribution is -0.387. The van der Waals surface area contributed by atoms with Gasteiger partial charge in [-0.1, -0.05) is 17.2 Å². The fraction of sp³-hybridized carbons (Fsp3) is 0.652. The molecule has 0 unspecified atom stereocenters. The van der Waals surface area contributed by atoms with Gasteiger partial charge in [0.05, 0.1) is 50.6 Å². The number of rotatable bonds is 17. The Labute approximate surface area is 250 Å². The van der Waals surface area contributed by atoms with E-state index in [1.165, 1.54) is 24.1 Å². The second kappa shape index (κ2) is 18.9. The number of aliphatic carboxylic acids is 1. The Morgan fingerprint density at radius 3 is 2.25 bits per heavy atom. The molecule has 0 aliphatic carbocycles. The number of hydrogen-bond acceptors (Lipinski definition) is 11. The number of benzene rings is 1. The molecule has 21 heteroatoms. The molecule has 1 aromatic carbocycles. The Bertz CT molecular complexity index is 1250. The summed E-state index contributed by atoms with van der Waals surface area (Å²) in [5.41, 5.74) is 8.22. The van der Waals surface area contributed by atoms with Gasteiger partial charge in [-0.15, -0.1) is 0 Å². The zero-order valence-electron chi connectivity index (χ0n) is 23.9. The van der Waals surface area contributed by atoms with Gasteiger partial charge in [-0.3, -0.25) is 14.9 Å². The summed E-state index contributed by atoms with van der Waals surface area (Å²) in [4.78, 5) is 36.2. The molecule has 2 rings (SSSR count). The quantitative estimate of drug-likeness (QED) is 0.0608. The first-order valence-electron chi connectivity index (χ1n) is 12.9. The Morgan fingerprint density at radius 2 is 1.73 bits per heavy atom. The molecule has 1 aromatic rings. The van der Waals surface area contributed by atoms with Gasteiger partial charge in [-0.2, -0.15) is 17.5 Å². The predicted octanol–water partition coefficient (Wildman–Crippen LogP) is 1.40. The molecule has 2 N–H and O–H groups in total. The van der Waals surface area contributed by atoms with E-state index in [-0.39, 0.29) is 26.1 Å². The Balaban J connectivity index is 0.00000123. The number of para-hydroxylation sites is 1. The predicted molar refractivity (Wildman–Crippen MR) is 146 cm³/mol. The second-order valence-electron chi connectivity index (χ2n) is 8.91. The van der Waals surface area contributed by atoms with Gasteiger partial charge in [-0.05, 0) is 25.1 Å². The molecule has 1 aliphatic heterocycles. The summed E-state index contributed by atoms with van der Waals surface area (Å²) in [5.74, 6) is -3.29. The van der Waals surface area contributed by atoms with E-state index in [9.17, 15) is 36.5 Å². The molecule has 1 fully saturated rings. The number of nitrogens with zero attached hydrogens (tertiary/aromatic N) is 6. The normalized spacial score (nSPS) is 16.8. The van der Waals surface area contributed by atoms with Crippen molar-refractivity contribution < 1.29 is 55.4 Å². The number of carbonyl (C=O) groups excluding carboxylic acids is 1. The molecule has 1 heterocycles. The van der Waals surface area contributed by atoms with Gasteiger partial charge in [0.25, 0.3) is 15.7 Å². The van der Waals surface area contributed by atoms with E-state index in [0.29, 0.717) is 33.0 Å². The first kappa shape index (κ1) is 38.4. The number of carbonyl (C=O) groups is 2. The summed E-state index contributed by atoms with van der Waals surface area (Å²) >= 11 is 0. The summed E-state index contributed by atoms with van der Waals surface area (Å²) in [6, 6.07) is 2.93. The number of carboxylic acids is 1. The minimum Gasteiger partial charge on any atom is -0.475 e. The highest BCUT2D eigenvalue weighted by molar-refractivity contribution is 7.89. The van der Waals surface area contributed by atoms with E-state index >= 15 is 0 Å². The first-order valence-corrected chi connectivity index (χ1v) is 14.3. The summed E-state index contributed by atoms with van der Waals surface area (Å²) in [6.45, 7) is 3.02. The Hall–Kier alpha value is -3.59. The standard InChI is InChI=1S/C21H33N7O8S.C2HF3O2/c1-23-7-9-34-11-13-36-14-12-35-10-8-26(2)21(29)19-15-17(24-25-22)16-27(19)37(32,33)20-6-4-3-5-18(20)28(30)31;3-2(4,5)1(6)7/h3-6,17,19,23H,7-16H2,1-2H3;(H,6,7)/t17-,19-;/m0./s1. The summed E-state index contributed by atoms with van der Waals surface area (Å²) in [7, 11) is -1.10. The van der Waals surface area contributed by atoms with Crippen LogP contribution in [0.5, 0.6) is 0 Å². The maximum absolute atomic E-state index is 13.4. The van der Waals surface area contributed by atoms with Gasteiger partial charge in [0.2, 0.25) is 5.91 Å². The van der Waals surface area contributed by atoms with E-state index < -0.39 is 55.7 Å². The highest BCUT2D eigenvalue weighted by Gasteiger charge is 2.46. The van der Waals surface area contributed by atoms with Gasteiger partial charge in [0.15, 0.2) is 4.90 Å². The van der Waals surface area contributed by atoms with Gasteiger partial charge in [0.1, 0.15) is 6.04 Å².